The zero-order valence-corrected chi connectivity index (χ0v) is 13.8. The standard InChI is InChI=1S/C16H19F2NO4S/c17-15(18)23-7-16(6-8-2-1-3-8)5-4-9-10(14(21)22)13(19)24-11(9)12(16)20/h8,15H,1-7,19H2,(H,21,22). The molecule has 1 aromatic heterocycles. The van der Waals surface area contributed by atoms with Crippen molar-refractivity contribution in [3.63, 3.8) is 0 Å². The second-order valence-corrected chi connectivity index (χ2v) is 7.69. The number of nitrogen functional groups attached to an aromatic ring is 1. The van der Waals surface area contributed by atoms with Crippen molar-refractivity contribution in [2.45, 2.75) is 45.1 Å². The number of carbonyl (C=O) groups excluding carboxylic acids is 1. The average Bonchev–Trinajstić information content (AvgIpc) is 2.81. The maximum absolute atomic E-state index is 13.1. The molecule has 24 heavy (non-hydrogen) atoms. The van der Waals surface area contributed by atoms with Gasteiger partial charge in [-0.05, 0) is 30.7 Å². The number of aromatic carboxylic acids is 1. The quantitative estimate of drug-likeness (QED) is 0.810. The molecule has 0 saturated heterocycles. The van der Waals surface area contributed by atoms with E-state index in [0.717, 1.165) is 30.6 Å². The number of carboxylic acid groups (broad SMARTS) is 1. The average molecular weight is 359 g/mol. The van der Waals surface area contributed by atoms with Crippen LogP contribution in [0.4, 0.5) is 13.8 Å². The molecule has 0 amide bonds. The molecule has 1 unspecified atom stereocenters. The van der Waals surface area contributed by atoms with E-state index >= 15 is 0 Å². The number of fused-ring (bicyclic) bond motifs is 1. The molecule has 3 N–H and O–H groups in total. The number of alkyl halides is 2. The number of anilines is 1. The second kappa shape index (κ2) is 6.40. The smallest absolute Gasteiger partial charge is 0.345 e. The van der Waals surface area contributed by atoms with E-state index in [4.69, 9.17) is 5.73 Å². The topological polar surface area (TPSA) is 89.6 Å². The first-order chi connectivity index (χ1) is 11.3. The fraction of sp³-hybridized carbons (Fsp3) is 0.625. The summed E-state index contributed by atoms with van der Waals surface area (Å²) in [6.07, 6.45) is 4.24. The molecule has 5 nitrogen and oxygen atoms in total. The van der Waals surface area contributed by atoms with E-state index in [9.17, 15) is 23.5 Å². The van der Waals surface area contributed by atoms with Gasteiger partial charge >= 0.3 is 12.6 Å². The SMILES string of the molecule is Nc1sc2c(c1C(=O)O)CCC(COC(F)F)(CC1CCC1)C2=O. The van der Waals surface area contributed by atoms with Crippen LogP contribution >= 0.6 is 11.3 Å². The molecule has 0 radical (unpaired) electrons. The van der Waals surface area contributed by atoms with E-state index in [0.29, 0.717) is 35.6 Å². The van der Waals surface area contributed by atoms with Gasteiger partial charge in [-0.15, -0.1) is 11.3 Å². The van der Waals surface area contributed by atoms with E-state index < -0.39 is 18.0 Å². The molecule has 1 fully saturated rings. The van der Waals surface area contributed by atoms with Crippen molar-refractivity contribution in [1.82, 2.24) is 0 Å². The summed E-state index contributed by atoms with van der Waals surface area (Å²) in [6.45, 7) is -3.26. The lowest BCUT2D eigenvalue weighted by atomic mass is 9.65. The number of Topliss-reactive ketones (excluding diaryl/α,β-unsaturated/α-hetero) is 1. The Morgan fingerprint density at radius 3 is 2.71 bits per heavy atom. The molecule has 0 bridgehead atoms. The highest BCUT2D eigenvalue weighted by Gasteiger charge is 2.47. The van der Waals surface area contributed by atoms with E-state index in [1.54, 1.807) is 0 Å². The molecule has 1 saturated carbocycles. The van der Waals surface area contributed by atoms with Gasteiger partial charge < -0.3 is 15.6 Å². The Labute approximate surface area is 141 Å². The summed E-state index contributed by atoms with van der Waals surface area (Å²) in [5.74, 6) is -1.11. The minimum atomic E-state index is -2.93. The molecule has 2 aliphatic carbocycles. The van der Waals surface area contributed by atoms with Gasteiger partial charge in [0.2, 0.25) is 0 Å². The largest absolute Gasteiger partial charge is 0.478 e. The van der Waals surface area contributed by atoms with Crippen LogP contribution < -0.4 is 5.73 Å². The number of carbonyl (C=O) groups is 2. The number of ether oxygens (including phenoxy) is 1. The van der Waals surface area contributed by atoms with Crippen molar-refractivity contribution in [3.05, 3.63) is 16.0 Å². The maximum Gasteiger partial charge on any atom is 0.345 e. The molecule has 0 spiro atoms. The molecule has 0 aromatic carbocycles. The summed E-state index contributed by atoms with van der Waals surface area (Å²) < 4.78 is 29.7. The lowest BCUT2D eigenvalue weighted by molar-refractivity contribution is -0.150. The maximum atomic E-state index is 13.1. The number of carboxylic acids is 1. The van der Waals surface area contributed by atoms with Gasteiger partial charge in [-0.3, -0.25) is 4.79 Å². The molecule has 3 rings (SSSR count). The van der Waals surface area contributed by atoms with Crippen molar-refractivity contribution in [1.29, 1.82) is 0 Å². The Hall–Kier alpha value is -1.54. The Morgan fingerprint density at radius 1 is 1.46 bits per heavy atom. The highest BCUT2D eigenvalue weighted by molar-refractivity contribution is 7.18. The minimum Gasteiger partial charge on any atom is -0.478 e. The predicted octanol–water partition coefficient (Wildman–Crippen LogP) is 3.57. The number of ketones is 1. The van der Waals surface area contributed by atoms with Crippen molar-refractivity contribution >= 4 is 28.1 Å². The summed E-state index contributed by atoms with van der Waals surface area (Å²) in [7, 11) is 0. The lowest BCUT2D eigenvalue weighted by Gasteiger charge is -2.40. The summed E-state index contributed by atoms with van der Waals surface area (Å²) in [6, 6.07) is 0. The van der Waals surface area contributed by atoms with Crippen LogP contribution in [0.25, 0.3) is 0 Å². The fourth-order valence-electron chi connectivity index (χ4n) is 3.72. The minimum absolute atomic E-state index is 0.0182. The first kappa shape index (κ1) is 17.3. The monoisotopic (exact) mass is 359 g/mol. The molecular weight excluding hydrogens is 340 g/mol. The van der Waals surface area contributed by atoms with E-state index in [2.05, 4.69) is 4.74 Å². The molecule has 2 aliphatic rings. The number of rotatable bonds is 6. The van der Waals surface area contributed by atoms with Crippen LogP contribution in [-0.2, 0) is 11.2 Å². The van der Waals surface area contributed by atoms with E-state index in [1.165, 1.54) is 0 Å². The van der Waals surface area contributed by atoms with Crippen molar-refractivity contribution < 1.29 is 28.2 Å². The predicted molar refractivity (Wildman–Crippen MR) is 84.7 cm³/mol. The van der Waals surface area contributed by atoms with Crippen LogP contribution in [0.5, 0.6) is 0 Å². The van der Waals surface area contributed by atoms with Crippen molar-refractivity contribution in [2.75, 3.05) is 12.3 Å². The molecule has 0 aliphatic heterocycles. The van der Waals surface area contributed by atoms with Gasteiger partial charge in [-0.2, -0.15) is 8.78 Å². The summed E-state index contributed by atoms with van der Waals surface area (Å²) >= 11 is 0.947. The summed E-state index contributed by atoms with van der Waals surface area (Å²) in [5.41, 5.74) is 5.19. The van der Waals surface area contributed by atoms with Gasteiger partial charge in [0.25, 0.3) is 0 Å². The van der Waals surface area contributed by atoms with Crippen LogP contribution in [0.2, 0.25) is 0 Å². The third kappa shape index (κ3) is 2.93. The normalized spacial score (nSPS) is 24.0. The molecule has 1 heterocycles. The molecular formula is C16H19F2NO4S. The molecule has 8 heteroatoms. The first-order valence-corrected chi connectivity index (χ1v) is 8.75. The molecule has 132 valence electrons. The Balaban J connectivity index is 1.94. The summed E-state index contributed by atoms with van der Waals surface area (Å²) in [4.78, 5) is 24.7. The van der Waals surface area contributed by atoms with Crippen LogP contribution in [-0.4, -0.2) is 30.1 Å². The van der Waals surface area contributed by atoms with Gasteiger partial charge in [0.1, 0.15) is 5.00 Å². The molecule has 1 aromatic rings. The summed E-state index contributed by atoms with van der Waals surface area (Å²) in [5, 5.41) is 9.38. The van der Waals surface area contributed by atoms with Crippen molar-refractivity contribution in [2.24, 2.45) is 11.3 Å². The third-order valence-electron chi connectivity index (χ3n) is 5.18. The highest BCUT2D eigenvalue weighted by Crippen LogP contribution is 2.48. The highest BCUT2D eigenvalue weighted by atomic mass is 32.1. The second-order valence-electron chi connectivity index (χ2n) is 6.64. The van der Waals surface area contributed by atoms with E-state index in [-0.39, 0.29) is 23.0 Å². The van der Waals surface area contributed by atoms with Gasteiger partial charge in [0.15, 0.2) is 5.78 Å². The first-order valence-electron chi connectivity index (χ1n) is 7.93. The number of hydrogen-bond acceptors (Lipinski definition) is 5. The Bertz CT molecular complexity index is 671. The zero-order valence-electron chi connectivity index (χ0n) is 13.0. The Kier molecular flexibility index (Phi) is 4.61. The van der Waals surface area contributed by atoms with Crippen LogP contribution in [0, 0.1) is 11.3 Å². The van der Waals surface area contributed by atoms with Gasteiger partial charge in [-0.25, -0.2) is 4.79 Å². The van der Waals surface area contributed by atoms with Gasteiger partial charge in [-0.1, -0.05) is 19.3 Å². The number of thiophene rings is 1. The van der Waals surface area contributed by atoms with Crippen LogP contribution in [0.15, 0.2) is 0 Å². The fourth-order valence-corrected chi connectivity index (χ4v) is 4.89. The zero-order chi connectivity index (χ0) is 17.5. The number of hydrogen-bond donors (Lipinski definition) is 2. The molecule has 1 atom stereocenters. The van der Waals surface area contributed by atoms with Gasteiger partial charge in [0, 0.05) is 0 Å². The van der Waals surface area contributed by atoms with Gasteiger partial charge in [0.05, 0.1) is 22.5 Å². The van der Waals surface area contributed by atoms with Crippen LogP contribution in [0.3, 0.4) is 0 Å². The van der Waals surface area contributed by atoms with Crippen molar-refractivity contribution in [3.8, 4) is 0 Å². The number of halogens is 2. The van der Waals surface area contributed by atoms with Crippen LogP contribution in [0.1, 0.15) is 57.7 Å². The third-order valence-corrected chi connectivity index (χ3v) is 6.24. The lowest BCUT2D eigenvalue weighted by Crippen LogP contribution is -2.42. The number of nitrogens with two attached hydrogens (primary N) is 1. The Morgan fingerprint density at radius 2 is 2.17 bits per heavy atom. The van der Waals surface area contributed by atoms with E-state index in [1.807, 2.05) is 0 Å².